The van der Waals surface area contributed by atoms with Gasteiger partial charge in [0, 0.05) is 23.1 Å². The lowest BCUT2D eigenvalue weighted by molar-refractivity contribution is 0.409. The third-order valence-corrected chi connectivity index (χ3v) is 5.46. The van der Waals surface area contributed by atoms with E-state index in [1.54, 1.807) is 7.11 Å². The van der Waals surface area contributed by atoms with E-state index in [-0.39, 0.29) is 0 Å². The molecule has 0 N–H and O–H groups in total. The maximum Gasteiger partial charge on any atom is 0.131 e. The molecule has 1 heterocycles. The highest BCUT2D eigenvalue weighted by Gasteiger charge is 2.21. The molecule has 3 nitrogen and oxygen atoms in total. The van der Waals surface area contributed by atoms with Crippen LogP contribution in [0, 0.1) is 6.92 Å². The number of hydrogen-bond donors (Lipinski definition) is 0. The molecule has 0 saturated heterocycles. The summed E-state index contributed by atoms with van der Waals surface area (Å²) < 4.78 is 6.64. The topological polar surface area (TPSA) is 24.8 Å². The minimum Gasteiger partial charge on any atom is -0.496 e. The van der Waals surface area contributed by atoms with Crippen LogP contribution in [0.25, 0.3) is 0 Å². The zero-order valence-electron chi connectivity index (χ0n) is 15.9. The van der Waals surface area contributed by atoms with Gasteiger partial charge >= 0.3 is 0 Å². The van der Waals surface area contributed by atoms with Gasteiger partial charge in [0.05, 0.1) is 13.7 Å². The molecular formula is C22H27BrN2O. The summed E-state index contributed by atoms with van der Waals surface area (Å²) in [6.07, 6.45) is 3.07. The Morgan fingerprint density at radius 2 is 2.04 bits per heavy atom. The van der Waals surface area contributed by atoms with Crippen LogP contribution in [-0.2, 0) is 12.8 Å². The molecule has 2 aromatic carbocycles. The molecule has 0 aliphatic carbocycles. The van der Waals surface area contributed by atoms with Crippen LogP contribution in [-0.4, -0.2) is 37.5 Å². The molecule has 0 unspecified atom stereocenters. The Morgan fingerprint density at radius 3 is 2.81 bits per heavy atom. The summed E-state index contributed by atoms with van der Waals surface area (Å²) in [4.78, 5) is 7.25. The van der Waals surface area contributed by atoms with Gasteiger partial charge in [-0.05, 0) is 61.1 Å². The Balaban J connectivity index is 1.88. The first-order chi connectivity index (χ1) is 12.6. The first kappa shape index (κ1) is 19.0. The summed E-state index contributed by atoms with van der Waals surface area (Å²) in [5.74, 6) is 2.13. The summed E-state index contributed by atoms with van der Waals surface area (Å²) >= 11 is 3.58. The van der Waals surface area contributed by atoms with E-state index in [0.29, 0.717) is 0 Å². The average Bonchev–Trinajstić information content (AvgIpc) is 3.09. The summed E-state index contributed by atoms with van der Waals surface area (Å²) in [5, 5.41) is 0. The van der Waals surface area contributed by atoms with Gasteiger partial charge in [-0.15, -0.1) is 0 Å². The van der Waals surface area contributed by atoms with Gasteiger partial charge in [0.2, 0.25) is 0 Å². The molecule has 1 aliphatic rings. The molecule has 0 amide bonds. The maximum atomic E-state index is 5.55. The fourth-order valence-electron chi connectivity index (χ4n) is 3.67. The SMILES string of the molecule is CCCN1CCN=C1c1cccc(C)c1CCc1cc(Br)ccc1OC. The molecule has 0 saturated carbocycles. The molecule has 0 spiro atoms. The van der Waals surface area contributed by atoms with Crippen molar-refractivity contribution in [1.29, 1.82) is 0 Å². The average molecular weight is 415 g/mol. The Bertz CT molecular complexity index is 801. The number of rotatable bonds is 7. The summed E-state index contributed by atoms with van der Waals surface area (Å²) in [6, 6.07) is 12.8. The van der Waals surface area contributed by atoms with Gasteiger partial charge in [0.1, 0.15) is 11.6 Å². The molecule has 0 atom stereocenters. The van der Waals surface area contributed by atoms with E-state index < -0.39 is 0 Å². The Hall–Kier alpha value is -1.81. The van der Waals surface area contributed by atoms with Crippen molar-refractivity contribution in [2.24, 2.45) is 4.99 Å². The van der Waals surface area contributed by atoms with E-state index in [1.165, 1.54) is 28.1 Å². The van der Waals surface area contributed by atoms with Crippen molar-refractivity contribution in [3.05, 3.63) is 63.1 Å². The van der Waals surface area contributed by atoms with Gasteiger partial charge in [-0.2, -0.15) is 0 Å². The number of halogens is 1. The van der Waals surface area contributed by atoms with E-state index in [2.05, 4.69) is 58.9 Å². The molecule has 0 bridgehead atoms. The lowest BCUT2D eigenvalue weighted by Gasteiger charge is -2.22. The van der Waals surface area contributed by atoms with Crippen molar-refractivity contribution in [2.45, 2.75) is 33.1 Å². The Kier molecular flexibility index (Phi) is 6.36. The summed E-state index contributed by atoms with van der Waals surface area (Å²) in [6.45, 7) is 7.45. The molecule has 3 rings (SSSR count). The monoisotopic (exact) mass is 414 g/mol. The van der Waals surface area contributed by atoms with Crippen LogP contribution in [0.5, 0.6) is 5.75 Å². The van der Waals surface area contributed by atoms with Gasteiger partial charge in [-0.1, -0.05) is 41.1 Å². The second-order valence-corrected chi connectivity index (χ2v) is 7.67. The van der Waals surface area contributed by atoms with Gasteiger partial charge in [-0.25, -0.2) is 0 Å². The van der Waals surface area contributed by atoms with Gasteiger partial charge < -0.3 is 9.64 Å². The number of ether oxygens (including phenoxy) is 1. The van der Waals surface area contributed by atoms with E-state index in [4.69, 9.17) is 9.73 Å². The molecule has 0 fully saturated rings. The first-order valence-electron chi connectivity index (χ1n) is 9.34. The molecule has 4 heteroatoms. The quantitative estimate of drug-likeness (QED) is 0.634. The van der Waals surface area contributed by atoms with Crippen molar-refractivity contribution < 1.29 is 4.74 Å². The zero-order chi connectivity index (χ0) is 18.5. The minimum atomic E-state index is 0.905. The maximum absolute atomic E-state index is 5.55. The van der Waals surface area contributed by atoms with Gasteiger partial charge in [0.25, 0.3) is 0 Å². The molecule has 26 heavy (non-hydrogen) atoms. The van der Waals surface area contributed by atoms with Gasteiger partial charge in [-0.3, -0.25) is 4.99 Å². The second-order valence-electron chi connectivity index (χ2n) is 6.75. The number of aliphatic imine (C=N–C) groups is 1. The molecule has 1 aliphatic heterocycles. The highest BCUT2D eigenvalue weighted by molar-refractivity contribution is 9.10. The number of nitrogens with zero attached hydrogens (tertiary/aromatic N) is 2. The Labute approximate surface area is 165 Å². The summed E-state index contributed by atoms with van der Waals surface area (Å²) in [5.41, 5.74) is 5.26. The highest BCUT2D eigenvalue weighted by atomic mass is 79.9. The van der Waals surface area contributed by atoms with Crippen LogP contribution in [0.2, 0.25) is 0 Å². The third kappa shape index (κ3) is 4.12. The van der Waals surface area contributed by atoms with Gasteiger partial charge in [0.15, 0.2) is 0 Å². The molecule has 138 valence electrons. The molecule has 0 radical (unpaired) electrons. The lowest BCUT2D eigenvalue weighted by Crippen LogP contribution is -2.30. The van der Waals surface area contributed by atoms with Crippen molar-refractivity contribution in [3.8, 4) is 5.75 Å². The van der Waals surface area contributed by atoms with Crippen LogP contribution in [0.15, 0.2) is 45.9 Å². The largest absolute Gasteiger partial charge is 0.496 e. The standard InChI is InChI=1S/C22H27BrN2O/c1-4-13-25-14-12-24-22(25)20-7-5-6-16(2)19(20)10-8-17-15-18(23)9-11-21(17)26-3/h5-7,9,11,15H,4,8,10,12-14H2,1-3H3. The number of amidine groups is 1. The number of aryl methyl sites for hydroxylation is 2. The van der Waals surface area contributed by atoms with Crippen LogP contribution < -0.4 is 4.74 Å². The fraction of sp³-hybridized carbons (Fsp3) is 0.409. The molecular weight excluding hydrogens is 388 g/mol. The third-order valence-electron chi connectivity index (χ3n) is 4.96. The van der Waals surface area contributed by atoms with E-state index >= 15 is 0 Å². The normalized spacial score (nSPS) is 13.8. The molecule has 2 aromatic rings. The number of benzene rings is 2. The zero-order valence-corrected chi connectivity index (χ0v) is 17.5. The van der Waals surface area contributed by atoms with Crippen LogP contribution in [0.1, 0.15) is 35.6 Å². The minimum absolute atomic E-state index is 0.905. The predicted octanol–water partition coefficient (Wildman–Crippen LogP) is 5.02. The van der Waals surface area contributed by atoms with E-state index in [0.717, 1.165) is 49.1 Å². The van der Waals surface area contributed by atoms with Crippen LogP contribution in [0.4, 0.5) is 0 Å². The van der Waals surface area contributed by atoms with E-state index in [1.807, 2.05) is 12.1 Å². The highest BCUT2D eigenvalue weighted by Crippen LogP contribution is 2.27. The van der Waals surface area contributed by atoms with Crippen LogP contribution >= 0.6 is 15.9 Å². The summed E-state index contributed by atoms with van der Waals surface area (Å²) in [7, 11) is 1.74. The number of methoxy groups -OCH3 is 1. The van der Waals surface area contributed by atoms with Crippen molar-refractivity contribution in [3.63, 3.8) is 0 Å². The van der Waals surface area contributed by atoms with Crippen molar-refractivity contribution in [1.82, 2.24) is 4.90 Å². The molecule has 0 aromatic heterocycles. The fourth-order valence-corrected chi connectivity index (χ4v) is 4.08. The predicted molar refractivity (Wildman–Crippen MR) is 113 cm³/mol. The lowest BCUT2D eigenvalue weighted by atomic mass is 9.94. The van der Waals surface area contributed by atoms with E-state index in [9.17, 15) is 0 Å². The Morgan fingerprint density at radius 1 is 1.19 bits per heavy atom. The van der Waals surface area contributed by atoms with Crippen LogP contribution in [0.3, 0.4) is 0 Å². The smallest absolute Gasteiger partial charge is 0.131 e. The van der Waals surface area contributed by atoms with Crippen molar-refractivity contribution in [2.75, 3.05) is 26.7 Å². The first-order valence-corrected chi connectivity index (χ1v) is 10.1. The second kappa shape index (κ2) is 8.72. The van der Waals surface area contributed by atoms with Crippen molar-refractivity contribution >= 4 is 21.8 Å². The number of hydrogen-bond acceptors (Lipinski definition) is 3.